The molecule has 33 heavy (non-hydrogen) atoms. The Morgan fingerprint density at radius 1 is 1.12 bits per heavy atom. The second-order valence-electron chi connectivity index (χ2n) is 9.52. The zero-order valence-electron chi connectivity index (χ0n) is 19.7. The number of aliphatic hydroxyl groups excluding tert-OH is 1. The third-order valence-corrected chi connectivity index (χ3v) is 5.99. The van der Waals surface area contributed by atoms with Crippen molar-refractivity contribution in [1.29, 1.82) is 0 Å². The van der Waals surface area contributed by atoms with Gasteiger partial charge in [-0.1, -0.05) is 18.2 Å². The van der Waals surface area contributed by atoms with Gasteiger partial charge < -0.3 is 19.5 Å². The van der Waals surface area contributed by atoms with Gasteiger partial charge in [-0.05, 0) is 82.0 Å². The lowest BCUT2D eigenvalue weighted by molar-refractivity contribution is -0.0166. The Morgan fingerprint density at radius 3 is 2.55 bits per heavy atom. The summed E-state index contributed by atoms with van der Waals surface area (Å²) in [4.78, 5) is 19.5. The van der Waals surface area contributed by atoms with Gasteiger partial charge in [-0.25, -0.2) is 9.78 Å². The highest BCUT2D eigenvalue weighted by atomic mass is 16.6. The van der Waals surface area contributed by atoms with Gasteiger partial charge in [0.05, 0.1) is 24.4 Å². The predicted molar refractivity (Wildman–Crippen MR) is 129 cm³/mol. The fourth-order valence-electron chi connectivity index (χ4n) is 4.40. The largest absolute Gasteiger partial charge is 0.497 e. The summed E-state index contributed by atoms with van der Waals surface area (Å²) in [5.41, 5.74) is 2.69. The predicted octanol–water partition coefficient (Wildman–Crippen LogP) is 5.73. The average Bonchev–Trinajstić information content (AvgIpc) is 2.82. The van der Waals surface area contributed by atoms with Crippen LogP contribution in [-0.4, -0.2) is 46.4 Å². The van der Waals surface area contributed by atoms with Crippen LogP contribution in [0.2, 0.25) is 0 Å². The molecule has 3 aromatic rings. The molecule has 1 aliphatic rings. The smallest absolute Gasteiger partial charge is 0.410 e. The maximum absolute atomic E-state index is 12.9. The van der Waals surface area contributed by atoms with E-state index in [1.54, 1.807) is 12.0 Å². The third-order valence-electron chi connectivity index (χ3n) is 5.99. The Morgan fingerprint density at radius 2 is 1.85 bits per heavy atom. The number of aromatic nitrogens is 1. The number of amides is 1. The molecule has 1 amide bonds. The molecular formula is C27H32N2O4. The number of piperidine rings is 1. The Hall–Kier alpha value is -3.12. The number of aliphatic hydroxyl groups is 1. The number of carbonyl (C=O) groups is 1. The number of nitrogens with zero attached hydrogens (tertiary/aromatic N) is 2. The van der Waals surface area contributed by atoms with Crippen LogP contribution in [0, 0.1) is 0 Å². The van der Waals surface area contributed by atoms with Crippen molar-refractivity contribution in [2.75, 3.05) is 13.7 Å². The van der Waals surface area contributed by atoms with E-state index in [1.165, 1.54) is 0 Å². The van der Waals surface area contributed by atoms with E-state index in [0.717, 1.165) is 52.7 Å². The van der Waals surface area contributed by atoms with Gasteiger partial charge in [0.1, 0.15) is 17.5 Å². The van der Waals surface area contributed by atoms with Gasteiger partial charge in [0.2, 0.25) is 0 Å². The van der Waals surface area contributed by atoms with Crippen LogP contribution in [0.5, 0.6) is 5.75 Å². The van der Waals surface area contributed by atoms with Crippen molar-refractivity contribution < 1.29 is 19.4 Å². The molecule has 2 unspecified atom stereocenters. The van der Waals surface area contributed by atoms with Crippen LogP contribution in [0.3, 0.4) is 0 Å². The minimum Gasteiger partial charge on any atom is -0.497 e. The van der Waals surface area contributed by atoms with Gasteiger partial charge in [0.15, 0.2) is 0 Å². The van der Waals surface area contributed by atoms with Gasteiger partial charge in [0.25, 0.3) is 0 Å². The quantitative estimate of drug-likeness (QED) is 0.552. The first kappa shape index (κ1) is 23.1. The van der Waals surface area contributed by atoms with Crippen molar-refractivity contribution in [2.45, 2.75) is 57.8 Å². The van der Waals surface area contributed by atoms with E-state index in [2.05, 4.69) is 0 Å². The lowest BCUT2D eigenvalue weighted by atomic mass is 9.90. The van der Waals surface area contributed by atoms with E-state index in [9.17, 15) is 9.90 Å². The Balaban J connectivity index is 1.74. The topological polar surface area (TPSA) is 71.9 Å². The maximum Gasteiger partial charge on any atom is 0.410 e. The molecule has 2 atom stereocenters. The van der Waals surface area contributed by atoms with E-state index >= 15 is 0 Å². The molecule has 2 aromatic carbocycles. The first-order chi connectivity index (χ1) is 15.8. The van der Waals surface area contributed by atoms with E-state index in [1.807, 2.05) is 75.4 Å². The number of fused-ring (bicyclic) bond motifs is 1. The van der Waals surface area contributed by atoms with Crippen LogP contribution in [0.15, 0.2) is 54.6 Å². The summed E-state index contributed by atoms with van der Waals surface area (Å²) in [5, 5.41) is 12.5. The summed E-state index contributed by atoms with van der Waals surface area (Å²) in [5.74, 6) is 0.773. The fourth-order valence-corrected chi connectivity index (χ4v) is 4.40. The number of para-hydroxylation sites is 1. The third kappa shape index (κ3) is 5.11. The first-order valence-electron chi connectivity index (χ1n) is 11.5. The molecule has 0 saturated carbocycles. The molecule has 0 bridgehead atoms. The number of benzene rings is 2. The molecule has 4 rings (SSSR count). The second kappa shape index (κ2) is 9.40. The molecule has 0 aliphatic carbocycles. The minimum absolute atomic E-state index is 0.358. The lowest BCUT2D eigenvalue weighted by Gasteiger charge is -2.39. The molecular weight excluding hydrogens is 416 g/mol. The van der Waals surface area contributed by atoms with Crippen molar-refractivity contribution in [3.63, 3.8) is 0 Å². The van der Waals surface area contributed by atoms with E-state index < -0.39 is 11.7 Å². The van der Waals surface area contributed by atoms with Crippen LogP contribution in [0.1, 0.15) is 51.7 Å². The fraction of sp³-hybridized carbons (Fsp3) is 0.407. The average molecular weight is 449 g/mol. The van der Waals surface area contributed by atoms with Crippen LogP contribution in [-0.2, 0) is 4.74 Å². The molecule has 6 heteroatoms. The van der Waals surface area contributed by atoms with Crippen molar-refractivity contribution in [3.8, 4) is 17.0 Å². The molecule has 174 valence electrons. The Labute approximate surface area is 195 Å². The Kier molecular flexibility index (Phi) is 6.56. The molecule has 1 aromatic heterocycles. The minimum atomic E-state index is -0.859. The van der Waals surface area contributed by atoms with Crippen LogP contribution < -0.4 is 4.74 Å². The van der Waals surface area contributed by atoms with Gasteiger partial charge in [0, 0.05) is 17.5 Å². The van der Waals surface area contributed by atoms with E-state index in [4.69, 9.17) is 14.5 Å². The van der Waals surface area contributed by atoms with Gasteiger partial charge >= 0.3 is 6.09 Å². The van der Waals surface area contributed by atoms with Crippen molar-refractivity contribution >= 4 is 17.0 Å². The van der Waals surface area contributed by atoms with Gasteiger partial charge in [-0.15, -0.1) is 0 Å². The summed E-state index contributed by atoms with van der Waals surface area (Å²) >= 11 is 0. The molecule has 0 spiro atoms. The van der Waals surface area contributed by atoms with E-state index in [-0.39, 0.29) is 12.1 Å². The normalized spacial score (nSPS) is 17.6. The summed E-state index contributed by atoms with van der Waals surface area (Å²) in [6.07, 6.45) is 1.34. The van der Waals surface area contributed by atoms with E-state index in [0.29, 0.717) is 6.54 Å². The molecule has 1 saturated heterocycles. The monoisotopic (exact) mass is 448 g/mol. The van der Waals surface area contributed by atoms with Crippen LogP contribution >= 0.6 is 0 Å². The number of rotatable bonds is 4. The zero-order valence-corrected chi connectivity index (χ0v) is 19.7. The molecule has 1 aliphatic heterocycles. The SMILES string of the molecule is COc1ccc(-c2cc(C(O)C3CCCCN3C(=O)OC(C)(C)C)c3ccccc3n2)cc1. The molecule has 1 fully saturated rings. The highest BCUT2D eigenvalue weighted by molar-refractivity contribution is 5.85. The standard InChI is InChI=1S/C27H32N2O4/c1-27(2,3)33-26(31)29-16-8-7-11-24(29)25(30)21-17-23(18-12-14-19(32-4)15-13-18)28-22-10-6-5-9-20(21)22/h5-6,9-10,12-15,17,24-25,30H,7-8,11,16H2,1-4H3. The highest BCUT2D eigenvalue weighted by Gasteiger charge is 2.36. The molecule has 6 nitrogen and oxygen atoms in total. The van der Waals surface area contributed by atoms with Crippen molar-refractivity contribution in [2.24, 2.45) is 0 Å². The van der Waals surface area contributed by atoms with Gasteiger partial charge in [-0.2, -0.15) is 0 Å². The number of hydrogen-bond acceptors (Lipinski definition) is 5. The van der Waals surface area contributed by atoms with Crippen molar-refractivity contribution in [3.05, 3.63) is 60.2 Å². The maximum atomic E-state index is 12.9. The van der Waals surface area contributed by atoms with Crippen LogP contribution in [0.4, 0.5) is 4.79 Å². The van der Waals surface area contributed by atoms with Gasteiger partial charge in [-0.3, -0.25) is 0 Å². The highest BCUT2D eigenvalue weighted by Crippen LogP contribution is 2.35. The zero-order chi connectivity index (χ0) is 23.6. The number of pyridine rings is 1. The number of methoxy groups -OCH3 is 1. The number of likely N-dealkylation sites (tertiary alicyclic amines) is 1. The molecule has 0 radical (unpaired) electrons. The number of carbonyl (C=O) groups excluding carboxylic acids is 1. The summed E-state index contributed by atoms with van der Waals surface area (Å²) < 4.78 is 10.9. The summed E-state index contributed by atoms with van der Waals surface area (Å²) in [7, 11) is 1.64. The first-order valence-corrected chi connectivity index (χ1v) is 11.5. The summed E-state index contributed by atoms with van der Waals surface area (Å²) in [6, 6.07) is 17.1. The lowest BCUT2D eigenvalue weighted by Crippen LogP contribution is -2.48. The summed E-state index contributed by atoms with van der Waals surface area (Å²) in [6.45, 7) is 6.15. The number of ether oxygens (including phenoxy) is 2. The second-order valence-corrected chi connectivity index (χ2v) is 9.52. The number of hydrogen-bond donors (Lipinski definition) is 1. The Bertz CT molecular complexity index is 1120. The molecule has 2 heterocycles. The van der Waals surface area contributed by atoms with Crippen molar-refractivity contribution in [1.82, 2.24) is 9.88 Å². The molecule has 1 N–H and O–H groups in total. The van der Waals surface area contributed by atoms with Crippen LogP contribution in [0.25, 0.3) is 22.2 Å².